The molecule has 0 spiro atoms. The van der Waals surface area contributed by atoms with Gasteiger partial charge in [-0.05, 0) is 30.3 Å². The van der Waals surface area contributed by atoms with Crippen LogP contribution >= 0.6 is 0 Å². The fourth-order valence-electron chi connectivity index (χ4n) is 6.67. The van der Waals surface area contributed by atoms with Crippen LogP contribution in [0.4, 0.5) is 0 Å². The standard InChI is InChI=1S/C42H24N4O2/c1-3-12-25(13-4-1)40-44-41(26-14-5-2-6-15-26)46-42(45-40)32-23-22-31(30-19-11-18-29-28-17-8-10-21-34(28)47-38(29)30)39-36(32)37-35(48-39)24-27-16-7-9-20-33(27)43-37/h1-24H. The lowest BCUT2D eigenvalue weighted by atomic mass is 9.97. The van der Waals surface area contributed by atoms with Gasteiger partial charge in [-0.3, -0.25) is 0 Å². The first-order valence-corrected chi connectivity index (χ1v) is 15.8. The molecule has 0 N–H and O–H groups in total. The topological polar surface area (TPSA) is 77.8 Å². The quantitative estimate of drug-likeness (QED) is 0.196. The van der Waals surface area contributed by atoms with Crippen molar-refractivity contribution in [2.24, 2.45) is 0 Å². The van der Waals surface area contributed by atoms with Gasteiger partial charge in [0.15, 0.2) is 23.1 Å². The molecule has 48 heavy (non-hydrogen) atoms. The zero-order valence-corrected chi connectivity index (χ0v) is 25.5. The van der Waals surface area contributed by atoms with Gasteiger partial charge in [0, 0.05) is 44.0 Å². The van der Waals surface area contributed by atoms with E-state index in [2.05, 4.69) is 48.5 Å². The van der Waals surface area contributed by atoms with Crippen molar-refractivity contribution in [3.63, 3.8) is 0 Å². The second-order valence-electron chi connectivity index (χ2n) is 11.8. The van der Waals surface area contributed by atoms with Crippen molar-refractivity contribution in [1.29, 1.82) is 0 Å². The second-order valence-corrected chi connectivity index (χ2v) is 11.8. The van der Waals surface area contributed by atoms with Gasteiger partial charge in [0.25, 0.3) is 0 Å². The smallest absolute Gasteiger partial charge is 0.164 e. The van der Waals surface area contributed by atoms with Gasteiger partial charge < -0.3 is 8.83 Å². The number of nitrogens with zero attached hydrogens (tertiary/aromatic N) is 4. The van der Waals surface area contributed by atoms with Crippen molar-refractivity contribution in [2.45, 2.75) is 0 Å². The molecule has 0 atom stereocenters. The minimum absolute atomic E-state index is 0.541. The van der Waals surface area contributed by atoms with E-state index in [0.717, 1.165) is 71.6 Å². The molecule has 4 aromatic heterocycles. The van der Waals surface area contributed by atoms with Crippen LogP contribution < -0.4 is 0 Å². The van der Waals surface area contributed by atoms with Crippen molar-refractivity contribution in [3.8, 4) is 45.3 Å². The van der Waals surface area contributed by atoms with Gasteiger partial charge in [-0.1, -0.05) is 115 Å². The third-order valence-electron chi connectivity index (χ3n) is 8.93. The number of para-hydroxylation sites is 3. The van der Waals surface area contributed by atoms with Crippen LogP contribution in [-0.2, 0) is 0 Å². The molecule has 224 valence electrons. The van der Waals surface area contributed by atoms with E-state index in [1.165, 1.54) is 0 Å². The highest BCUT2D eigenvalue weighted by Gasteiger charge is 2.23. The number of furan rings is 2. The third kappa shape index (κ3) is 4.13. The molecule has 0 fully saturated rings. The normalized spacial score (nSPS) is 11.8. The van der Waals surface area contributed by atoms with E-state index in [4.69, 9.17) is 28.8 Å². The van der Waals surface area contributed by atoms with Crippen molar-refractivity contribution in [3.05, 3.63) is 146 Å². The monoisotopic (exact) mass is 616 g/mol. The number of rotatable bonds is 4. The Morgan fingerprint density at radius 2 is 1.00 bits per heavy atom. The van der Waals surface area contributed by atoms with Crippen LogP contribution in [0.2, 0.25) is 0 Å². The minimum Gasteiger partial charge on any atom is -0.455 e. The number of aromatic nitrogens is 4. The first kappa shape index (κ1) is 26.5. The fraction of sp³-hybridized carbons (Fsp3) is 0. The molecule has 0 unspecified atom stereocenters. The Morgan fingerprint density at radius 1 is 0.396 bits per heavy atom. The summed E-state index contributed by atoms with van der Waals surface area (Å²) in [5, 5.41) is 3.97. The Balaban J connectivity index is 1.30. The molecule has 6 aromatic carbocycles. The van der Waals surface area contributed by atoms with E-state index in [1.807, 2.05) is 97.1 Å². The molecule has 0 amide bonds. The van der Waals surface area contributed by atoms with E-state index >= 15 is 0 Å². The lowest BCUT2D eigenvalue weighted by Crippen LogP contribution is -2.00. The second kappa shape index (κ2) is 10.4. The number of fused-ring (bicyclic) bond motifs is 7. The summed E-state index contributed by atoms with van der Waals surface area (Å²) in [5.74, 6) is 1.73. The molecule has 6 heteroatoms. The zero-order chi connectivity index (χ0) is 31.6. The van der Waals surface area contributed by atoms with Crippen LogP contribution in [0, 0.1) is 0 Å². The Bertz CT molecular complexity index is 2780. The minimum atomic E-state index is 0.541. The van der Waals surface area contributed by atoms with Crippen molar-refractivity contribution < 1.29 is 8.83 Å². The zero-order valence-electron chi connectivity index (χ0n) is 25.5. The molecule has 0 aliphatic carbocycles. The van der Waals surface area contributed by atoms with Crippen molar-refractivity contribution >= 4 is 54.9 Å². The molecule has 4 heterocycles. The summed E-state index contributed by atoms with van der Waals surface area (Å²) in [5.41, 5.74) is 9.14. The highest BCUT2D eigenvalue weighted by Crippen LogP contribution is 2.44. The maximum atomic E-state index is 6.79. The summed E-state index contributed by atoms with van der Waals surface area (Å²) >= 11 is 0. The molecule has 0 bridgehead atoms. The SMILES string of the molecule is c1ccc(-c2nc(-c3ccccc3)nc(-c3ccc(-c4cccc5c4oc4ccccc45)c4oc5cc6ccccc6nc5c34)n2)cc1. The van der Waals surface area contributed by atoms with Crippen LogP contribution in [0.5, 0.6) is 0 Å². The number of hydrogen-bond acceptors (Lipinski definition) is 6. The van der Waals surface area contributed by atoms with Crippen LogP contribution in [0.3, 0.4) is 0 Å². The first-order chi connectivity index (χ1) is 23.8. The predicted molar refractivity (Wildman–Crippen MR) is 191 cm³/mol. The maximum Gasteiger partial charge on any atom is 0.164 e. The van der Waals surface area contributed by atoms with Gasteiger partial charge in [-0.15, -0.1) is 0 Å². The number of benzene rings is 6. The van der Waals surface area contributed by atoms with Gasteiger partial charge in [-0.2, -0.15) is 0 Å². The van der Waals surface area contributed by atoms with E-state index in [1.54, 1.807) is 0 Å². The maximum absolute atomic E-state index is 6.79. The Labute approximate surface area is 274 Å². The van der Waals surface area contributed by atoms with E-state index in [0.29, 0.717) is 28.6 Å². The van der Waals surface area contributed by atoms with Gasteiger partial charge in [0.05, 0.1) is 10.9 Å². The van der Waals surface area contributed by atoms with Gasteiger partial charge in [0.2, 0.25) is 0 Å². The molecule has 0 radical (unpaired) electrons. The molecule has 0 saturated heterocycles. The lowest BCUT2D eigenvalue weighted by Gasteiger charge is -2.11. The van der Waals surface area contributed by atoms with Crippen LogP contribution in [0.1, 0.15) is 0 Å². The Kier molecular flexibility index (Phi) is 5.77. The Hall–Kier alpha value is -6.66. The summed E-state index contributed by atoms with van der Waals surface area (Å²) < 4.78 is 13.3. The van der Waals surface area contributed by atoms with Gasteiger partial charge in [0.1, 0.15) is 22.3 Å². The van der Waals surface area contributed by atoms with Gasteiger partial charge in [-0.25, -0.2) is 19.9 Å². The van der Waals surface area contributed by atoms with E-state index in [-0.39, 0.29) is 0 Å². The molecular formula is C42H24N4O2. The average molecular weight is 617 g/mol. The van der Waals surface area contributed by atoms with Crippen molar-refractivity contribution in [2.75, 3.05) is 0 Å². The van der Waals surface area contributed by atoms with Crippen LogP contribution in [0.25, 0.3) is 100 Å². The molecule has 0 saturated carbocycles. The molecule has 0 aliphatic heterocycles. The molecule has 6 nitrogen and oxygen atoms in total. The summed E-state index contributed by atoms with van der Waals surface area (Å²) in [6.45, 7) is 0. The number of pyridine rings is 1. The first-order valence-electron chi connectivity index (χ1n) is 15.8. The number of hydrogen-bond donors (Lipinski definition) is 0. The lowest BCUT2D eigenvalue weighted by molar-refractivity contribution is 0.665. The van der Waals surface area contributed by atoms with Gasteiger partial charge >= 0.3 is 0 Å². The molecule has 10 rings (SSSR count). The van der Waals surface area contributed by atoms with Crippen LogP contribution in [0.15, 0.2) is 154 Å². The molecular weight excluding hydrogens is 592 g/mol. The highest BCUT2D eigenvalue weighted by atomic mass is 16.3. The molecule has 10 aromatic rings. The van der Waals surface area contributed by atoms with Crippen LogP contribution in [-0.4, -0.2) is 19.9 Å². The average Bonchev–Trinajstić information content (AvgIpc) is 3.73. The predicted octanol–water partition coefficient (Wildman–Crippen LogP) is 10.9. The highest BCUT2D eigenvalue weighted by molar-refractivity contribution is 6.18. The summed E-state index contributed by atoms with van der Waals surface area (Å²) in [6, 6.07) is 48.7. The fourth-order valence-corrected chi connectivity index (χ4v) is 6.67. The van der Waals surface area contributed by atoms with E-state index < -0.39 is 0 Å². The Morgan fingerprint density at radius 3 is 1.79 bits per heavy atom. The third-order valence-corrected chi connectivity index (χ3v) is 8.93. The van der Waals surface area contributed by atoms with E-state index in [9.17, 15) is 0 Å². The molecule has 0 aliphatic rings. The summed E-state index contributed by atoms with van der Waals surface area (Å²) in [4.78, 5) is 20.2. The summed E-state index contributed by atoms with van der Waals surface area (Å²) in [7, 11) is 0. The largest absolute Gasteiger partial charge is 0.455 e. The summed E-state index contributed by atoms with van der Waals surface area (Å²) in [6.07, 6.45) is 0. The van der Waals surface area contributed by atoms with Crippen molar-refractivity contribution in [1.82, 2.24) is 19.9 Å².